The Morgan fingerprint density at radius 1 is 1.05 bits per heavy atom. The number of piperazine rings is 1. The van der Waals surface area contributed by atoms with Crippen molar-refractivity contribution in [2.45, 2.75) is 20.3 Å². The molecule has 4 nitrogen and oxygen atoms in total. The van der Waals surface area contributed by atoms with Gasteiger partial charge in [0.2, 0.25) is 5.91 Å². The van der Waals surface area contributed by atoms with E-state index in [4.69, 9.17) is 0 Å². The summed E-state index contributed by atoms with van der Waals surface area (Å²) in [6, 6.07) is 7.76. The number of rotatable bonds is 3. The van der Waals surface area contributed by atoms with Crippen molar-refractivity contribution >= 4 is 17.4 Å². The van der Waals surface area contributed by atoms with Crippen molar-refractivity contribution < 1.29 is 9.59 Å². The summed E-state index contributed by atoms with van der Waals surface area (Å²) in [5.41, 5.74) is 1.89. The Balaban J connectivity index is 2.00. The lowest BCUT2D eigenvalue weighted by atomic mass is 10.1. The second-order valence-corrected chi connectivity index (χ2v) is 4.82. The van der Waals surface area contributed by atoms with Crippen LogP contribution in [0.5, 0.6) is 0 Å². The van der Waals surface area contributed by atoms with E-state index in [9.17, 15) is 9.59 Å². The van der Waals surface area contributed by atoms with Crippen molar-refractivity contribution in [2.75, 3.05) is 31.1 Å². The van der Waals surface area contributed by atoms with Gasteiger partial charge >= 0.3 is 0 Å². The third-order valence-corrected chi connectivity index (χ3v) is 3.60. The van der Waals surface area contributed by atoms with Gasteiger partial charge in [-0.15, -0.1) is 0 Å². The summed E-state index contributed by atoms with van der Waals surface area (Å²) in [5, 5.41) is 0. The molecule has 1 fully saturated rings. The zero-order valence-electron chi connectivity index (χ0n) is 11.6. The van der Waals surface area contributed by atoms with E-state index in [1.807, 2.05) is 36.1 Å². The molecule has 1 amide bonds. The minimum atomic E-state index is 0.142. The van der Waals surface area contributed by atoms with Crippen LogP contribution in [0.2, 0.25) is 0 Å². The zero-order chi connectivity index (χ0) is 13.8. The predicted octanol–water partition coefficient (Wildman–Crippen LogP) is 1.95. The van der Waals surface area contributed by atoms with Crippen LogP contribution in [0.15, 0.2) is 24.3 Å². The standard InChI is InChI=1S/C15H20N2O2/c1-3-15(19)13-4-6-14(7-5-13)17-10-8-16(9-11-17)12(2)18/h4-7H,3,8-11H2,1-2H3. The highest BCUT2D eigenvalue weighted by atomic mass is 16.2. The van der Waals surface area contributed by atoms with E-state index in [0.717, 1.165) is 37.4 Å². The average molecular weight is 260 g/mol. The molecule has 1 heterocycles. The lowest BCUT2D eigenvalue weighted by Crippen LogP contribution is -2.48. The zero-order valence-corrected chi connectivity index (χ0v) is 11.6. The number of carbonyl (C=O) groups excluding carboxylic acids is 2. The number of hydrogen-bond donors (Lipinski definition) is 0. The first-order valence-electron chi connectivity index (χ1n) is 6.75. The van der Waals surface area contributed by atoms with E-state index in [1.165, 1.54) is 0 Å². The van der Waals surface area contributed by atoms with Crippen LogP contribution in [-0.4, -0.2) is 42.8 Å². The van der Waals surface area contributed by atoms with E-state index < -0.39 is 0 Å². The van der Waals surface area contributed by atoms with E-state index in [0.29, 0.717) is 6.42 Å². The largest absolute Gasteiger partial charge is 0.368 e. The van der Waals surface area contributed by atoms with Gasteiger partial charge in [0.25, 0.3) is 0 Å². The van der Waals surface area contributed by atoms with Crippen molar-refractivity contribution in [3.05, 3.63) is 29.8 Å². The fourth-order valence-electron chi connectivity index (χ4n) is 2.34. The second kappa shape index (κ2) is 5.87. The molecule has 0 spiro atoms. The van der Waals surface area contributed by atoms with Crippen LogP contribution in [0, 0.1) is 0 Å². The molecule has 0 N–H and O–H groups in total. The topological polar surface area (TPSA) is 40.6 Å². The van der Waals surface area contributed by atoms with Crippen molar-refractivity contribution in [1.82, 2.24) is 4.90 Å². The first-order valence-corrected chi connectivity index (χ1v) is 6.75. The quantitative estimate of drug-likeness (QED) is 0.780. The third-order valence-electron chi connectivity index (χ3n) is 3.60. The smallest absolute Gasteiger partial charge is 0.219 e. The van der Waals surface area contributed by atoms with Gasteiger partial charge < -0.3 is 9.80 Å². The Bertz CT molecular complexity index is 460. The van der Waals surface area contributed by atoms with Gasteiger partial charge in [-0.3, -0.25) is 9.59 Å². The van der Waals surface area contributed by atoms with Crippen molar-refractivity contribution in [1.29, 1.82) is 0 Å². The molecular weight excluding hydrogens is 240 g/mol. The fourth-order valence-corrected chi connectivity index (χ4v) is 2.34. The molecule has 0 saturated carbocycles. The minimum Gasteiger partial charge on any atom is -0.368 e. The summed E-state index contributed by atoms with van der Waals surface area (Å²) < 4.78 is 0. The highest BCUT2D eigenvalue weighted by Crippen LogP contribution is 2.18. The normalized spacial score (nSPS) is 15.5. The number of ketones is 1. The fraction of sp³-hybridized carbons (Fsp3) is 0.467. The van der Waals surface area contributed by atoms with E-state index in [1.54, 1.807) is 6.92 Å². The molecule has 1 saturated heterocycles. The highest BCUT2D eigenvalue weighted by molar-refractivity contribution is 5.96. The van der Waals surface area contributed by atoms with E-state index >= 15 is 0 Å². The molecule has 0 radical (unpaired) electrons. The average Bonchev–Trinajstić information content (AvgIpc) is 2.46. The van der Waals surface area contributed by atoms with Crippen LogP contribution in [-0.2, 0) is 4.79 Å². The van der Waals surface area contributed by atoms with Gasteiger partial charge in [0.15, 0.2) is 5.78 Å². The van der Waals surface area contributed by atoms with Gasteiger partial charge in [-0.1, -0.05) is 6.92 Å². The summed E-state index contributed by atoms with van der Waals surface area (Å²) in [6.07, 6.45) is 0.538. The minimum absolute atomic E-state index is 0.142. The molecular formula is C15H20N2O2. The maximum atomic E-state index is 11.6. The Morgan fingerprint density at radius 2 is 1.63 bits per heavy atom. The van der Waals surface area contributed by atoms with E-state index in [2.05, 4.69) is 4.90 Å². The molecule has 1 aliphatic rings. The van der Waals surface area contributed by atoms with Gasteiger partial charge in [-0.25, -0.2) is 0 Å². The molecule has 2 rings (SSSR count). The third kappa shape index (κ3) is 3.13. The maximum Gasteiger partial charge on any atom is 0.219 e. The number of hydrogen-bond acceptors (Lipinski definition) is 3. The van der Waals surface area contributed by atoms with E-state index in [-0.39, 0.29) is 11.7 Å². The summed E-state index contributed by atoms with van der Waals surface area (Å²) in [7, 11) is 0. The summed E-state index contributed by atoms with van der Waals surface area (Å²) >= 11 is 0. The molecule has 0 bridgehead atoms. The maximum absolute atomic E-state index is 11.6. The second-order valence-electron chi connectivity index (χ2n) is 4.82. The van der Waals surface area contributed by atoms with Crippen LogP contribution in [0.4, 0.5) is 5.69 Å². The first-order chi connectivity index (χ1) is 9.11. The summed E-state index contributed by atoms with van der Waals surface area (Å²) in [6.45, 7) is 6.72. The molecule has 102 valence electrons. The molecule has 1 aliphatic heterocycles. The number of anilines is 1. The number of carbonyl (C=O) groups is 2. The van der Waals surface area contributed by atoms with Gasteiger partial charge in [-0.2, -0.15) is 0 Å². The predicted molar refractivity (Wildman–Crippen MR) is 75.5 cm³/mol. The van der Waals surface area contributed by atoms with Crippen molar-refractivity contribution in [3.8, 4) is 0 Å². The Morgan fingerprint density at radius 3 is 2.11 bits per heavy atom. The van der Waals surface area contributed by atoms with Crippen LogP contribution in [0.1, 0.15) is 30.6 Å². The highest BCUT2D eigenvalue weighted by Gasteiger charge is 2.18. The summed E-state index contributed by atoms with van der Waals surface area (Å²) in [4.78, 5) is 26.9. The Hall–Kier alpha value is -1.84. The van der Waals surface area contributed by atoms with Gasteiger partial charge in [0.05, 0.1) is 0 Å². The number of benzene rings is 1. The monoisotopic (exact) mass is 260 g/mol. The van der Waals surface area contributed by atoms with Crippen LogP contribution < -0.4 is 4.90 Å². The first kappa shape index (κ1) is 13.6. The summed E-state index contributed by atoms with van der Waals surface area (Å²) in [5.74, 6) is 0.316. The van der Waals surface area contributed by atoms with Crippen LogP contribution >= 0.6 is 0 Å². The molecule has 1 aromatic rings. The molecule has 1 aromatic carbocycles. The lowest BCUT2D eigenvalue weighted by molar-refractivity contribution is -0.129. The molecule has 0 aromatic heterocycles. The number of Topliss-reactive ketones (excluding diaryl/α,β-unsaturated/α-hetero) is 1. The molecule has 4 heteroatoms. The SMILES string of the molecule is CCC(=O)c1ccc(N2CCN(C(C)=O)CC2)cc1. The Kier molecular flexibility index (Phi) is 4.20. The van der Waals surface area contributed by atoms with Crippen molar-refractivity contribution in [2.24, 2.45) is 0 Å². The van der Waals surface area contributed by atoms with Gasteiger partial charge in [-0.05, 0) is 24.3 Å². The molecule has 0 unspecified atom stereocenters. The number of amides is 1. The molecule has 0 atom stereocenters. The van der Waals surface area contributed by atoms with Gasteiger partial charge in [0, 0.05) is 50.8 Å². The molecule has 0 aliphatic carbocycles. The van der Waals surface area contributed by atoms with Crippen LogP contribution in [0.3, 0.4) is 0 Å². The molecule has 19 heavy (non-hydrogen) atoms. The van der Waals surface area contributed by atoms with Crippen LogP contribution in [0.25, 0.3) is 0 Å². The lowest BCUT2D eigenvalue weighted by Gasteiger charge is -2.35. The van der Waals surface area contributed by atoms with Gasteiger partial charge in [0.1, 0.15) is 0 Å². The van der Waals surface area contributed by atoms with Crippen molar-refractivity contribution in [3.63, 3.8) is 0 Å². The number of nitrogens with zero attached hydrogens (tertiary/aromatic N) is 2. The Labute approximate surface area is 114 Å².